The molecule has 0 aromatic heterocycles. The molecule has 1 aromatic rings. The molecule has 0 bridgehead atoms. The molecule has 1 aliphatic rings. The van der Waals surface area contributed by atoms with Crippen LogP contribution in [0.1, 0.15) is 43.2 Å². The molecule has 1 aliphatic carbocycles. The van der Waals surface area contributed by atoms with E-state index in [-0.39, 0.29) is 0 Å². The SMILES string of the molecule is NCc1ccccc1CNCC1CCCCC1. The first-order chi connectivity index (χ1) is 8.40. The first-order valence-corrected chi connectivity index (χ1v) is 6.87. The van der Waals surface area contributed by atoms with E-state index in [4.69, 9.17) is 5.73 Å². The van der Waals surface area contributed by atoms with E-state index in [0.29, 0.717) is 6.54 Å². The number of nitrogens with one attached hydrogen (secondary N) is 1. The number of rotatable bonds is 5. The molecular formula is C15H24N2. The maximum absolute atomic E-state index is 5.74. The van der Waals surface area contributed by atoms with E-state index in [1.54, 1.807) is 0 Å². The average Bonchev–Trinajstić information content (AvgIpc) is 2.40. The average molecular weight is 232 g/mol. The lowest BCUT2D eigenvalue weighted by atomic mass is 9.89. The number of hydrogen-bond donors (Lipinski definition) is 2. The minimum Gasteiger partial charge on any atom is -0.326 e. The van der Waals surface area contributed by atoms with Crippen LogP contribution in [0.2, 0.25) is 0 Å². The summed E-state index contributed by atoms with van der Waals surface area (Å²) in [5, 5.41) is 3.59. The minimum absolute atomic E-state index is 0.640. The zero-order valence-corrected chi connectivity index (χ0v) is 10.6. The normalized spacial score (nSPS) is 17.2. The molecule has 0 spiro atoms. The summed E-state index contributed by atoms with van der Waals surface area (Å²) in [6.45, 7) is 2.77. The molecule has 0 unspecified atom stereocenters. The molecule has 2 heteroatoms. The van der Waals surface area contributed by atoms with E-state index in [0.717, 1.165) is 12.5 Å². The summed E-state index contributed by atoms with van der Waals surface area (Å²) in [7, 11) is 0. The standard InChI is InChI=1S/C15H24N2/c16-10-14-8-4-5-9-15(14)12-17-11-13-6-2-1-3-7-13/h4-5,8-9,13,17H,1-3,6-7,10-12,16H2. The molecule has 0 heterocycles. The van der Waals surface area contributed by atoms with Gasteiger partial charge >= 0.3 is 0 Å². The van der Waals surface area contributed by atoms with Crippen LogP contribution in [0.25, 0.3) is 0 Å². The topological polar surface area (TPSA) is 38.0 Å². The Balaban J connectivity index is 1.77. The lowest BCUT2D eigenvalue weighted by molar-refractivity contribution is 0.342. The van der Waals surface area contributed by atoms with Crippen molar-refractivity contribution < 1.29 is 0 Å². The molecule has 1 aromatic carbocycles. The maximum atomic E-state index is 5.74. The van der Waals surface area contributed by atoms with Crippen LogP contribution in [-0.4, -0.2) is 6.54 Å². The quantitative estimate of drug-likeness (QED) is 0.819. The van der Waals surface area contributed by atoms with Crippen LogP contribution in [0, 0.1) is 5.92 Å². The third kappa shape index (κ3) is 3.83. The fourth-order valence-corrected chi connectivity index (χ4v) is 2.73. The van der Waals surface area contributed by atoms with Gasteiger partial charge in [-0.3, -0.25) is 0 Å². The molecule has 1 saturated carbocycles. The second kappa shape index (κ2) is 6.77. The Hall–Kier alpha value is -0.860. The van der Waals surface area contributed by atoms with Crippen molar-refractivity contribution in [3.05, 3.63) is 35.4 Å². The van der Waals surface area contributed by atoms with Crippen LogP contribution in [0.5, 0.6) is 0 Å². The Morgan fingerprint density at radius 1 is 1.06 bits per heavy atom. The van der Waals surface area contributed by atoms with Crippen molar-refractivity contribution in [2.45, 2.75) is 45.2 Å². The summed E-state index contributed by atoms with van der Waals surface area (Å²) in [5.74, 6) is 0.897. The van der Waals surface area contributed by atoms with Crippen LogP contribution >= 0.6 is 0 Å². The monoisotopic (exact) mass is 232 g/mol. The van der Waals surface area contributed by atoms with Crippen LogP contribution < -0.4 is 11.1 Å². The van der Waals surface area contributed by atoms with Crippen molar-refractivity contribution in [1.82, 2.24) is 5.32 Å². The van der Waals surface area contributed by atoms with Gasteiger partial charge in [-0.1, -0.05) is 43.5 Å². The number of nitrogens with two attached hydrogens (primary N) is 1. The Kier molecular flexibility index (Phi) is 5.02. The third-order valence-electron chi connectivity index (χ3n) is 3.81. The van der Waals surface area contributed by atoms with Gasteiger partial charge in [-0.2, -0.15) is 0 Å². The highest BCUT2D eigenvalue weighted by atomic mass is 14.9. The first-order valence-electron chi connectivity index (χ1n) is 6.87. The summed E-state index contributed by atoms with van der Waals surface area (Å²) in [5.41, 5.74) is 8.36. The lowest BCUT2D eigenvalue weighted by Gasteiger charge is -2.22. The maximum Gasteiger partial charge on any atom is 0.0208 e. The van der Waals surface area contributed by atoms with E-state index in [1.807, 2.05) is 0 Å². The second-order valence-corrected chi connectivity index (χ2v) is 5.11. The zero-order valence-electron chi connectivity index (χ0n) is 10.6. The predicted octanol–water partition coefficient (Wildman–Crippen LogP) is 2.82. The molecule has 94 valence electrons. The van der Waals surface area contributed by atoms with Gasteiger partial charge in [-0.25, -0.2) is 0 Å². The molecule has 0 amide bonds. The molecule has 0 radical (unpaired) electrons. The molecule has 17 heavy (non-hydrogen) atoms. The zero-order chi connectivity index (χ0) is 11.9. The van der Waals surface area contributed by atoms with Crippen LogP contribution in [0.15, 0.2) is 24.3 Å². The van der Waals surface area contributed by atoms with Crippen molar-refractivity contribution in [3.8, 4) is 0 Å². The minimum atomic E-state index is 0.640. The molecular weight excluding hydrogens is 208 g/mol. The van der Waals surface area contributed by atoms with E-state index in [9.17, 15) is 0 Å². The van der Waals surface area contributed by atoms with Crippen molar-refractivity contribution in [3.63, 3.8) is 0 Å². The third-order valence-corrected chi connectivity index (χ3v) is 3.81. The predicted molar refractivity (Wildman–Crippen MR) is 72.6 cm³/mol. The van der Waals surface area contributed by atoms with Crippen molar-refractivity contribution in [2.24, 2.45) is 11.7 Å². The fourth-order valence-electron chi connectivity index (χ4n) is 2.73. The molecule has 0 atom stereocenters. The molecule has 2 rings (SSSR count). The second-order valence-electron chi connectivity index (χ2n) is 5.11. The van der Waals surface area contributed by atoms with Gasteiger partial charge in [0.2, 0.25) is 0 Å². The van der Waals surface area contributed by atoms with Gasteiger partial charge in [-0.15, -0.1) is 0 Å². The first kappa shape index (κ1) is 12.6. The van der Waals surface area contributed by atoms with Gasteiger partial charge in [0.05, 0.1) is 0 Å². The van der Waals surface area contributed by atoms with E-state index >= 15 is 0 Å². The summed E-state index contributed by atoms with van der Waals surface area (Å²) >= 11 is 0. The van der Waals surface area contributed by atoms with Crippen molar-refractivity contribution in [2.75, 3.05) is 6.54 Å². The summed E-state index contributed by atoms with van der Waals surface area (Å²) in [4.78, 5) is 0. The van der Waals surface area contributed by atoms with Gasteiger partial charge in [0.25, 0.3) is 0 Å². The van der Waals surface area contributed by atoms with E-state index < -0.39 is 0 Å². The lowest BCUT2D eigenvalue weighted by Crippen LogP contribution is -2.24. The van der Waals surface area contributed by atoms with Crippen molar-refractivity contribution >= 4 is 0 Å². The van der Waals surface area contributed by atoms with E-state index in [1.165, 1.54) is 49.8 Å². The Bertz CT molecular complexity index is 329. The highest BCUT2D eigenvalue weighted by Crippen LogP contribution is 2.22. The molecule has 0 saturated heterocycles. The molecule has 0 aliphatic heterocycles. The van der Waals surface area contributed by atoms with Gasteiger partial charge in [0.15, 0.2) is 0 Å². The molecule has 2 nitrogen and oxygen atoms in total. The summed E-state index contributed by atoms with van der Waals surface area (Å²) < 4.78 is 0. The highest BCUT2D eigenvalue weighted by molar-refractivity contribution is 5.26. The van der Waals surface area contributed by atoms with Crippen LogP contribution in [0.3, 0.4) is 0 Å². The van der Waals surface area contributed by atoms with Crippen LogP contribution in [0.4, 0.5) is 0 Å². The largest absolute Gasteiger partial charge is 0.326 e. The highest BCUT2D eigenvalue weighted by Gasteiger charge is 2.12. The summed E-state index contributed by atoms with van der Waals surface area (Å²) in [6.07, 6.45) is 7.10. The van der Waals surface area contributed by atoms with Gasteiger partial charge < -0.3 is 11.1 Å². The van der Waals surface area contributed by atoms with Crippen LogP contribution in [-0.2, 0) is 13.1 Å². The van der Waals surface area contributed by atoms with Gasteiger partial charge in [0, 0.05) is 13.1 Å². The molecule has 3 N–H and O–H groups in total. The summed E-state index contributed by atoms with van der Waals surface area (Å²) in [6, 6.07) is 8.46. The Morgan fingerprint density at radius 3 is 2.47 bits per heavy atom. The number of hydrogen-bond acceptors (Lipinski definition) is 2. The van der Waals surface area contributed by atoms with E-state index in [2.05, 4.69) is 29.6 Å². The fraction of sp³-hybridized carbons (Fsp3) is 0.600. The number of benzene rings is 1. The molecule has 1 fully saturated rings. The Morgan fingerprint density at radius 2 is 1.76 bits per heavy atom. The van der Waals surface area contributed by atoms with Gasteiger partial charge in [0.1, 0.15) is 0 Å². The van der Waals surface area contributed by atoms with Gasteiger partial charge in [-0.05, 0) is 36.4 Å². The van der Waals surface area contributed by atoms with Crippen molar-refractivity contribution in [1.29, 1.82) is 0 Å². The smallest absolute Gasteiger partial charge is 0.0208 e. The Labute approximate surface area is 105 Å².